The van der Waals surface area contributed by atoms with Gasteiger partial charge in [-0.1, -0.05) is 18.2 Å². The molecule has 0 aliphatic rings. The summed E-state index contributed by atoms with van der Waals surface area (Å²) in [6, 6.07) is 13.8. The Morgan fingerprint density at radius 2 is 1.80 bits per heavy atom. The minimum absolute atomic E-state index is 0.293. The maximum absolute atomic E-state index is 12.7. The Hall–Kier alpha value is -2.01. The fraction of sp³-hybridized carbons (Fsp3) is 0.200. The van der Waals surface area contributed by atoms with E-state index < -0.39 is 10.0 Å². The summed E-state index contributed by atoms with van der Waals surface area (Å²) in [4.78, 5) is 0.293. The first-order valence-electron chi connectivity index (χ1n) is 6.40. The van der Waals surface area contributed by atoms with Gasteiger partial charge in [-0.05, 0) is 49.7 Å². The molecule has 0 aromatic heterocycles. The Kier molecular flexibility index (Phi) is 3.99. The zero-order valence-electron chi connectivity index (χ0n) is 11.6. The number of sulfonamides is 1. The summed E-state index contributed by atoms with van der Waals surface area (Å²) in [5.74, 6) is 0. The number of nitrogen functional groups attached to an aromatic ring is 1. The van der Waals surface area contributed by atoms with Crippen LogP contribution < -0.4 is 10.0 Å². The van der Waals surface area contributed by atoms with E-state index in [2.05, 4.69) is 0 Å². The van der Waals surface area contributed by atoms with E-state index in [-0.39, 0.29) is 0 Å². The van der Waals surface area contributed by atoms with Gasteiger partial charge in [0.25, 0.3) is 10.0 Å². The maximum Gasteiger partial charge on any atom is 0.264 e. The Morgan fingerprint density at radius 1 is 1.10 bits per heavy atom. The van der Waals surface area contributed by atoms with Crippen LogP contribution in [0.3, 0.4) is 0 Å². The second-order valence-corrected chi connectivity index (χ2v) is 6.44. The van der Waals surface area contributed by atoms with E-state index in [9.17, 15) is 8.42 Å². The van der Waals surface area contributed by atoms with Crippen LogP contribution in [0.15, 0.2) is 53.4 Å². The van der Waals surface area contributed by atoms with E-state index in [1.807, 2.05) is 13.0 Å². The minimum atomic E-state index is -3.57. The van der Waals surface area contributed by atoms with Gasteiger partial charge in [0.15, 0.2) is 0 Å². The van der Waals surface area contributed by atoms with Crippen molar-refractivity contribution in [1.29, 1.82) is 0 Å². The molecule has 0 heterocycles. The molecule has 0 atom stereocenters. The lowest BCUT2D eigenvalue weighted by Gasteiger charge is -2.23. The lowest BCUT2D eigenvalue weighted by atomic mass is 10.2. The van der Waals surface area contributed by atoms with Crippen molar-refractivity contribution in [2.24, 2.45) is 0 Å². The molecule has 0 saturated carbocycles. The van der Waals surface area contributed by atoms with E-state index in [0.29, 0.717) is 22.8 Å². The standard InChI is InChI=1S/C15H18N2O2S/c1-3-17(14-8-5-7-13(16)11-14)20(18,19)15-9-4-6-12(2)10-15/h4-11H,3,16H2,1-2H3. The highest BCUT2D eigenvalue weighted by Gasteiger charge is 2.23. The molecule has 0 saturated heterocycles. The normalized spacial score (nSPS) is 11.3. The molecule has 2 rings (SSSR count). The van der Waals surface area contributed by atoms with Crippen molar-refractivity contribution in [2.45, 2.75) is 18.7 Å². The summed E-state index contributed by atoms with van der Waals surface area (Å²) in [6.07, 6.45) is 0. The zero-order valence-corrected chi connectivity index (χ0v) is 12.4. The summed E-state index contributed by atoms with van der Waals surface area (Å²) in [5, 5.41) is 0. The third kappa shape index (κ3) is 2.77. The van der Waals surface area contributed by atoms with Crippen LogP contribution in [-0.4, -0.2) is 15.0 Å². The topological polar surface area (TPSA) is 63.4 Å². The molecule has 0 bridgehead atoms. The number of benzene rings is 2. The Labute approximate surface area is 119 Å². The van der Waals surface area contributed by atoms with Crippen molar-refractivity contribution >= 4 is 21.4 Å². The first-order chi connectivity index (χ1) is 9.45. The summed E-state index contributed by atoms with van der Waals surface area (Å²) in [6.45, 7) is 4.02. The number of hydrogen-bond acceptors (Lipinski definition) is 3. The zero-order chi connectivity index (χ0) is 14.8. The molecule has 0 amide bonds. The van der Waals surface area contributed by atoms with E-state index in [4.69, 9.17) is 5.73 Å². The average molecular weight is 290 g/mol. The van der Waals surface area contributed by atoms with Gasteiger partial charge in [0.05, 0.1) is 10.6 Å². The lowest BCUT2D eigenvalue weighted by molar-refractivity contribution is 0.592. The molecule has 2 aromatic carbocycles. The molecule has 0 radical (unpaired) electrons. The van der Waals surface area contributed by atoms with Gasteiger partial charge in [0, 0.05) is 12.2 Å². The summed E-state index contributed by atoms with van der Waals surface area (Å²) >= 11 is 0. The highest BCUT2D eigenvalue weighted by molar-refractivity contribution is 7.92. The van der Waals surface area contributed by atoms with Gasteiger partial charge < -0.3 is 5.73 Å². The number of nitrogens with zero attached hydrogens (tertiary/aromatic N) is 1. The van der Waals surface area contributed by atoms with Gasteiger partial charge in [-0.3, -0.25) is 4.31 Å². The molecule has 106 valence electrons. The predicted octanol–water partition coefficient (Wildman–Crippen LogP) is 2.79. The van der Waals surface area contributed by atoms with Gasteiger partial charge in [0.1, 0.15) is 0 Å². The molecule has 0 aliphatic carbocycles. The van der Waals surface area contributed by atoms with Crippen LogP contribution >= 0.6 is 0 Å². The van der Waals surface area contributed by atoms with Gasteiger partial charge in [-0.25, -0.2) is 8.42 Å². The van der Waals surface area contributed by atoms with Crippen LogP contribution in [0.5, 0.6) is 0 Å². The predicted molar refractivity (Wildman–Crippen MR) is 82.2 cm³/mol. The molecule has 0 spiro atoms. The summed E-state index contributed by atoms with van der Waals surface area (Å²) in [5.41, 5.74) is 7.77. The van der Waals surface area contributed by atoms with Gasteiger partial charge in [-0.2, -0.15) is 0 Å². The Balaban J connectivity index is 2.50. The van der Waals surface area contributed by atoms with Crippen LogP contribution in [0, 0.1) is 6.92 Å². The molecule has 20 heavy (non-hydrogen) atoms. The van der Waals surface area contributed by atoms with Crippen LogP contribution in [0.2, 0.25) is 0 Å². The Morgan fingerprint density at radius 3 is 2.40 bits per heavy atom. The number of hydrogen-bond donors (Lipinski definition) is 1. The number of nitrogens with two attached hydrogens (primary N) is 1. The second kappa shape index (κ2) is 5.54. The average Bonchev–Trinajstić information content (AvgIpc) is 2.39. The van der Waals surface area contributed by atoms with Gasteiger partial charge in [0.2, 0.25) is 0 Å². The van der Waals surface area contributed by atoms with Crippen molar-refractivity contribution < 1.29 is 8.42 Å². The van der Waals surface area contributed by atoms with Crippen LogP contribution in [-0.2, 0) is 10.0 Å². The van der Waals surface area contributed by atoms with E-state index in [1.165, 1.54) is 4.31 Å². The largest absolute Gasteiger partial charge is 0.399 e. The monoisotopic (exact) mass is 290 g/mol. The molecule has 0 fully saturated rings. The number of anilines is 2. The first kappa shape index (κ1) is 14.4. The molecule has 0 unspecified atom stereocenters. The molecule has 0 aliphatic heterocycles. The highest BCUT2D eigenvalue weighted by Crippen LogP contribution is 2.25. The molecule has 4 nitrogen and oxygen atoms in total. The first-order valence-corrected chi connectivity index (χ1v) is 7.84. The molecule has 2 N–H and O–H groups in total. The van der Waals surface area contributed by atoms with Crippen molar-refractivity contribution in [3.8, 4) is 0 Å². The van der Waals surface area contributed by atoms with E-state index >= 15 is 0 Å². The molecule has 2 aromatic rings. The number of aryl methyl sites for hydroxylation is 1. The van der Waals surface area contributed by atoms with Gasteiger partial charge >= 0.3 is 0 Å². The molecular weight excluding hydrogens is 272 g/mol. The fourth-order valence-corrected chi connectivity index (χ4v) is 3.65. The number of rotatable bonds is 4. The second-order valence-electron chi connectivity index (χ2n) is 4.58. The Bertz CT molecular complexity index is 711. The lowest BCUT2D eigenvalue weighted by Crippen LogP contribution is -2.30. The SMILES string of the molecule is CCN(c1cccc(N)c1)S(=O)(=O)c1cccc(C)c1. The van der Waals surface area contributed by atoms with E-state index in [1.54, 1.807) is 49.4 Å². The fourth-order valence-electron chi connectivity index (χ4n) is 2.07. The molecular formula is C15H18N2O2S. The van der Waals surface area contributed by atoms with Crippen LogP contribution in [0.25, 0.3) is 0 Å². The minimum Gasteiger partial charge on any atom is -0.399 e. The molecule has 5 heteroatoms. The van der Waals surface area contributed by atoms with Crippen molar-refractivity contribution in [3.63, 3.8) is 0 Å². The van der Waals surface area contributed by atoms with Crippen molar-refractivity contribution in [2.75, 3.05) is 16.6 Å². The van der Waals surface area contributed by atoms with E-state index in [0.717, 1.165) is 5.56 Å². The van der Waals surface area contributed by atoms with Crippen molar-refractivity contribution in [1.82, 2.24) is 0 Å². The van der Waals surface area contributed by atoms with Crippen molar-refractivity contribution in [3.05, 3.63) is 54.1 Å². The quantitative estimate of drug-likeness (QED) is 0.881. The van der Waals surface area contributed by atoms with Crippen LogP contribution in [0.1, 0.15) is 12.5 Å². The van der Waals surface area contributed by atoms with Gasteiger partial charge in [-0.15, -0.1) is 0 Å². The summed E-state index contributed by atoms with van der Waals surface area (Å²) in [7, 11) is -3.57. The highest BCUT2D eigenvalue weighted by atomic mass is 32.2. The summed E-state index contributed by atoms with van der Waals surface area (Å²) < 4.78 is 26.8. The smallest absolute Gasteiger partial charge is 0.264 e. The third-order valence-electron chi connectivity index (χ3n) is 3.02. The third-order valence-corrected chi connectivity index (χ3v) is 4.92. The van der Waals surface area contributed by atoms with Crippen LogP contribution in [0.4, 0.5) is 11.4 Å². The maximum atomic E-state index is 12.7.